The number of hydrogen-bond donors (Lipinski definition) is 0. The van der Waals surface area contributed by atoms with E-state index in [1.165, 1.54) is 22.3 Å². The Morgan fingerprint density at radius 3 is 2.75 bits per heavy atom. The van der Waals surface area contributed by atoms with Gasteiger partial charge in [-0.3, -0.25) is 9.36 Å². The van der Waals surface area contributed by atoms with Crippen LogP contribution in [0.3, 0.4) is 0 Å². The summed E-state index contributed by atoms with van der Waals surface area (Å²) in [5.41, 5.74) is 2.90. The summed E-state index contributed by atoms with van der Waals surface area (Å²) < 4.78 is 15.8. The minimum absolute atomic E-state index is 0.130. The predicted molar refractivity (Wildman–Crippen MR) is 93.1 cm³/mol. The summed E-state index contributed by atoms with van der Waals surface area (Å²) in [6.07, 6.45) is 1.74. The van der Waals surface area contributed by atoms with E-state index in [0.29, 0.717) is 11.1 Å². The van der Waals surface area contributed by atoms with Gasteiger partial charge in [0.1, 0.15) is 5.82 Å². The molecule has 0 atom stereocenters. The van der Waals surface area contributed by atoms with Crippen molar-refractivity contribution in [3.8, 4) is 5.13 Å². The van der Waals surface area contributed by atoms with Crippen LogP contribution in [0.25, 0.3) is 5.13 Å². The molecule has 124 valence electrons. The molecule has 3 rings (SSSR count). The number of aromatic nitrogens is 2. The first-order valence-corrected chi connectivity index (χ1v) is 8.44. The monoisotopic (exact) mass is 343 g/mol. The molecule has 0 saturated carbocycles. The molecule has 0 radical (unpaired) electrons. The second-order valence-electron chi connectivity index (χ2n) is 5.69. The van der Waals surface area contributed by atoms with Crippen molar-refractivity contribution in [1.82, 2.24) is 14.5 Å². The Morgan fingerprint density at radius 2 is 2.08 bits per heavy atom. The van der Waals surface area contributed by atoms with Crippen LogP contribution in [0.4, 0.5) is 4.39 Å². The minimum Gasteiger partial charge on any atom is -0.337 e. The second-order valence-corrected chi connectivity index (χ2v) is 6.56. The van der Waals surface area contributed by atoms with Crippen LogP contribution in [-0.2, 0) is 6.54 Å². The zero-order valence-electron chi connectivity index (χ0n) is 13.8. The van der Waals surface area contributed by atoms with Crippen molar-refractivity contribution in [3.05, 3.63) is 70.2 Å². The second kappa shape index (κ2) is 6.57. The maximum Gasteiger partial charge on any atom is 0.255 e. The Kier molecular flexibility index (Phi) is 4.49. The van der Waals surface area contributed by atoms with Crippen molar-refractivity contribution in [2.75, 3.05) is 7.05 Å². The number of nitrogens with zero attached hydrogens (tertiary/aromatic N) is 3. The topological polar surface area (TPSA) is 38.1 Å². The van der Waals surface area contributed by atoms with E-state index in [1.807, 2.05) is 29.9 Å². The van der Waals surface area contributed by atoms with Crippen LogP contribution in [0.15, 0.2) is 41.9 Å². The van der Waals surface area contributed by atoms with Crippen molar-refractivity contribution in [1.29, 1.82) is 0 Å². The van der Waals surface area contributed by atoms with E-state index in [0.717, 1.165) is 16.5 Å². The normalized spacial score (nSPS) is 10.8. The summed E-state index contributed by atoms with van der Waals surface area (Å²) in [7, 11) is 1.68. The highest BCUT2D eigenvalue weighted by molar-refractivity contribution is 7.12. The fourth-order valence-corrected chi connectivity index (χ4v) is 3.51. The summed E-state index contributed by atoms with van der Waals surface area (Å²) in [5.74, 6) is -0.431. The van der Waals surface area contributed by atoms with Gasteiger partial charge in [-0.15, -0.1) is 11.3 Å². The molecule has 0 fully saturated rings. The zero-order valence-corrected chi connectivity index (χ0v) is 14.6. The Morgan fingerprint density at radius 1 is 1.33 bits per heavy atom. The lowest BCUT2D eigenvalue weighted by Gasteiger charge is -2.17. The van der Waals surface area contributed by atoms with Crippen LogP contribution in [0.1, 0.15) is 27.3 Å². The Balaban J connectivity index is 1.88. The molecular formula is C18H18FN3OS. The third kappa shape index (κ3) is 2.97. The molecule has 1 amide bonds. The van der Waals surface area contributed by atoms with Gasteiger partial charge in [0.2, 0.25) is 0 Å². The lowest BCUT2D eigenvalue weighted by molar-refractivity contribution is 0.0783. The average molecular weight is 343 g/mol. The summed E-state index contributed by atoms with van der Waals surface area (Å²) in [6, 6.07) is 8.37. The number of hydrogen-bond acceptors (Lipinski definition) is 3. The quantitative estimate of drug-likeness (QED) is 0.719. The third-order valence-corrected chi connectivity index (χ3v) is 4.74. The molecule has 0 aliphatic heterocycles. The van der Waals surface area contributed by atoms with E-state index < -0.39 is 0 Å². The number of carbonyl (C=O) groups is 1. The van der Waals surface area contributed by atoms with Crippen LogP contribution >= 0.6 is 11.3 Å². The van der Waals surface area contributed by atoms with Gasteiger partial charge in [0.15, 0.2) is 5.13 Å². The molecular weight excluding hydrogens is 325 g/mol. The molecule has 0 spiro atoms. The van der Waals surface area contributed by atoms with Gasteiger partial charge >= 0.3 is 0 Å². The fourth-order valence-electron chi connectivity index (χ4n) is 2.76. The molecule has 2 heterocycles. The van der Waals surface area contributed by atoms with Gasteiger partial charge in [-0.05, 0) is 26.0 Å². The van der Waals surface area contributed by atoms with Crippen LogP contribution in [-0.4, -0.2) is 27.4 Å². The Labute approximate surface area is 144 Å². The van der Waals surface area contributed by atoms with Crippen molar-refractivity contribution >= 4 is 17.2 Å². The van der Waals surface area contributed by atoms with Gasteiger partial charge in [0.05, 0.1) is 5.56 Å². The van der Waals surface area contributed by atoms with E-state index in [4.69, 9.17) is 0 Å². The lowest BCUT2D eigenvalue weighted by atomic mass is 10.1. The number of carbonyl (C=O) groups excluding carboxylic acids is 1. The molecule has 0 aliphatic carbocycles. The molecule has 24 heavy (non-hydrogen) atoms. The highest BCUT2D eigenvalue weighted by Crippen LogP contribution is 2.23. The SMILES string of the molecule is Cc1cc(C(=O)N(C)Cc2ccccc2F)c(C)n1-c1nccs1. The highest BCUT2D eigenvalue weighted by Gasteiger charge is 2.21. The summed E-state index contributed by atoms with van der Waals surface area (Å²) in [4.78, 5) is 18.6. The van der Waals surface area contributed by atoms with Gasteiger partial charge < -0.3 is 4.90 Å². The van der Waals surface area contributed by atoms with E-state index in [1.54, 1.807) is 31.4 Å². The van der Waals surface area contributed by atoms with Crippen molar-refractivity contribution in [3.63, 3.8) is 0 Å². The van der Waals surface area contributed by atoms with E-state index in [-0.39, 0.29) is 18.3 Å². The number of benzene rings is 1. The summed E-state index contributed by atoms with van der Waals surface area (Å²) in [6.45, 7) is 4.08. The minimum atomic E-state index is -0.301. The van der Waals surface area contributed by atoms with Crippen molar-refractivity contribution < 1.29 is 9.18 Å². The molecule has 0 aliphatic rings. The number of aryl methyl sites for hydroxylation is 1. The smallest absolute Gasteiger partial charge is 0.255 e. The standard InChI is InChI=1S/C18H18FN3OS/c1-12-10-15(13(2)22(12)18-20-8-9-24-18)17(23)21(3)11-14-6-4-5-7-16(14)19/h4-10H,11H2,1-3H3. The van der Waals surface area contributed by atoms with E-state index in [2.05, 4.69) is 4.98 Å². The van der Waals surface area contributed by atoms with Crippen LogP contribution in [0, 0.1) is 19.7 Å². The van der Waals surface area contributed by atoms with Gasteiger partial charge in [-0.1, -0.05) is 18.2 Å². The third-order valence-electron chi connectivity index (χ3n) is 3.98. The summed E-state index contributed by atoms with van der Waals surface area (Å²) in [5, 5.41) is 2.74. The number of amides is 1. The van der Waals surface area contributed by atoms with E-state index >= 15 is 0 Å². The lowest BCUT2D eigenvalue weighted by Crippen LogP contribution is -2.27. The van der Waals surface area contributed by atoms with Crippen molar-refractivity contribution in [2.45, 2.75) is 20.4 Å². The first kappa shape index (κ1) is 16.4. The Hall–Kier alpha value is -2.47. The first-order valence-electron chi connectivity index (χ1n) is 7.56. The first-order chi connectivity index (χ1) is 11.5. The molecule has 2 aromatic heterocycles. The average Bonchev–Trinajstić information content (AvgIpc) is 3.16. The van der Waals surface area contributed by atoms with Crippen LogP contribution < -0.4 is 0 Å². The molecule has 3 aromatic rings. The van der Waals surface area contributed by atoms with Crippen molar-refractivity contribution in [2.24, 2.45) is 0 Å². The maximum atomic E-state index is 13.8. The molecule has 0 saturated heterocycles. The van der Waals surface area contributed by atoms with Gasteiger partial charge in [-0.2, -0.15) is 0 Å². The van der Waals surface area contributed by atoms with E-state index in [9.17, 15) is 9.18 Å². The van der Waals surface area contributed by atoms with Gasteiger partial charge in [0.25, 0.3) is 5.91 Å². The molecule has 4 nitrogen and oxygen atoms in total. The highest BCUT2D eigenvalue weighted by atomic mass is 32.1. The van der Waals surface area contributed by atoms with Gasteiger partial charge in [-0.25, -0.2) is 9.37 Å². The Bertz CT molecular complexity index is 871. The summed E-state index contributed by atoms with van der Waals surface area (Å²) >= 11 is 1.52. The molecule has 0 bridgehead atoms. The number of halogens is 1. The maximum absolute atomic E-state index is 13.8. The van der Waals surface area contributed by atoms with Gasteiger partial charge in [0, 0.05) is 42.1 Å². The largest absolute Gasteiger partial charge is 0.337 e. The van der Waals surface area contributed by atoms with Crippen LogP contribution in [0.2, 0.25) is 0 Å². The number of rotatable bonds is 4. The predicted octanol–water partition coefficient (Wildman–Crippen LogP) is 3.96. The number of thiazole rings is 1. The molecule has 0 unspecified atom stereocenters. The van der Waals surface area contributed by atoms with Crippen LogP contribution in [0.5, 0.6) is 0 Å². The molecule has 1 aromatic carbocycles. The zero-order chi connectivity index (χ0) is 17.3. The fraction of sp³-hybridized carbons (Fsp3) is 0.222. The molecule has 6 heteroatoms. The molecule has 0 N–H and O–H groups in total.